The van der Waals surface area contributed by atoms with Crippen molar-refractivity contribution in [1.29, 1.82) is 5.26 Å². The lowest BCUT2D eigenvalue weighted by Gasteiger charge is -2.19. The van der Waals surface area contributed by atoms with Crippen LogP contribution in [0.15, 0.2) is 72.1 Å². The lowest BCUT2D eigenvalue weighted by molar-refractivity contribution is -0.116. The molecule has 0 aliphatic carbocycles. The molecule has 0 unspecified atom stereocenters. The van der Waals surface area contributed by atoms with Crippen molar-refractivity contribution >= 4 is 23.4 Å². The third kappa shape index (κ3) is 4.05. The standard InChI is InChI=1S/C18H15N5OS/c19-11-12-22(15-7-3-1-4-8-15)17(24)13-25-18-21-20-14-23(18)16-9-5-2-6-10-16/h1-10,14H,12-13H2. The summed E-state index contributed by atoms with van der Waals surface area (Å²) in [6, 6.07) is 20.9. The van der Waals surface area contributed by atoms with E-state index < -0.39 is 0 Å². The molecule has 3 rings (SSSR count). The van der Waals surface area contributed by atoms with E-state index in [1.54, 1.807) is 6.33 Å². The van der Waals surface area contributed by atoms with Crippen LogP contribution in [0.5, 0.6) is 0 Å². The summed E-state index contributed by atoms with van der Waals surface area (Å²) in [5.41, 5.74) is 1.64. The molecule has 7 heteroatoms. The molecule has 0 spiro atoms. The van der Waals surface area contributed by atoms with Crippen molar-refractivity contribution in [3.63, 3.8) is 0 Å². The number of amides is 1. The summed E-state index contributed by atoms with van der Waals surface area (Å²) in [6.07, 6.45) is 1.62. The van der Waals surface area contributed by atoms with Crippen molar-refractivity contribution in [1.82, 2.24) is 14.8 Å². The van der Waals surface area contributed by atoms with Crippen LogP contribution >= 0.6 is 11.8 Å². The molecule has 0 bridgehead atoms. The van der Waals surface area contributed by atoms with E-state index in [9.17, 15) is 4.79 Å². The third-order valence-electron chi connectivity index (χ3n) is 3.47. The number of aromatic nitrogens is 3. The minimum Gasteiger partial charge on any atom is -0.298 e. The van der Waals surface area contributed by atoms with Gasteiger partial charge in [-0.2, -0.15) is 5.26 Å². The molecular weight excluding hydrogens is 334 g/mol. The molecule has 124 valence electrons. The van der Waals surface area contributed by atoms with E-state index in [1.807, 2.05) is 71.3 Å². The van der Waals surface area contributed by atoms with Gasteiger partial charge in [-0.1, -0.05) is 48.2 Å². The zero-order chi connectivity index (χ0) is 17.5. The Hall–Kier alpha value is -3.11. The minimum absolute atomic E-state index is 0.00871. The van der Waals surface area contributed by atoms with Crippen molar-refractivity contribution in [3.8, 4) is 11.8 Å². The second-order valence-electron chi connectivity index (χ2n) is 5.08. The topological polar surface area (TPSA) is 74.8 Å². The van der Waals surface area contributed by atoms with Crippen molar-refractivity contribution in [3.05, 3.63) is 67.0 Å². The molecule has 1 heterocycles. The Morgan fingerprint density at radius 3 is 2.48 bits per heavy atom. The largest absolute Gasteiger partial charge is 0.298 e. The van der Waals surface area contributed by atoms with Gasteiger partial charge in [-0.3, -0.25) is 14.3 Å². The molecule has 3 aromatic rings. The fourth-order valence-corrected chi connectivity index (χ4v) is 3.10. The first-order chi connectivity index (χ1) is 12.3. The van der Waals surface area contributed by atoms with Crippen LogP contribution in [-0.4, -0.2) is 33.0 Å². The Kier molecular flexibility index (Phi) is 5.44. The summed E-state index contributed by atoms with van der Waals surface area (Å²) >= 11 is 1.29. The number of nitriles is 1. The van der Waals surface area contributed by atoms with E-state index in [0.717, 1.165) is 5.69 Å². The number of hydrogen-bond acceptors (Lipinski definition) is 5. The highest BCUT2D eigenvalue weighted by Crippen LogP contribution is 2.21. The minimum atomic E-state index is -0.152. The van der Waals surface area contributed by atoms with Gasteiger partial charge in [0.05, 0.1) is 11.8 Å². The Labute approximate surface area is 149 Å². The number of carbonyl (C=O) groups excluding carboxylic acids is 1. The summed E-state index contributed by atoms with van der Waals surface area (Å²) in [4.78, 5) is 14.0. The van der Waals surface area contributed by atoms with Gasteiger partial charge < -0.3 is 0 Å². The third-order valence-corrected chi connectivity index (χ3v) is 4.40. The highest BCUT2D eigenvalue weighted by molar-refractivity contribution is 7.99. The second kappa shape index (κ2) is 8.13. The summed E-state index contributed by atoms with van der Waals surface area (Å²) < 4.78 is 1.83. The summed E-state index contributed by atoms with van der Waals surface area (Å²) in [6.45, 7) is 0.00871. The van der Waals surface area contributed by atoms with Crippen LogP contribution < -0.4 is 4.90 Å². The number of rotatable bonds is 6. The molecule has 0 fully saturated rings. The predicted molar refractivity (Wildman–Crippen MR) is 96.5 cm³/mol. The molecule has 0 atom stereocenters. The van der Waals surface area contributed by atoms with Gasteiger partial charge in [0, 0.05) is 11.4 Å². The fraction of sp³-hybridized carbons (Fsp3) is 0.111. The Bertz CT molecular complexity index is 873. The van der Waals surface area contributed by atoms with Gasteiger partial charge in [-0.05, 0) is 24.3 Å². The van der Waals surface area contributed by atoms with Gasteiger partial charge in [0.2, 0.25) is 5.91 Å². The zero-order valence-electron chi connectivity index (χ0n) is 13.3. The number of benzene rings is 2. The van der Waals surface area contributed by atoms with Crippen molar-refractivity contribution in [2.75, 3.05) is 17.2 Å². The average Bonchev–Trinajstić information content (AvgIpc) is 3.14. The zero-order valence-corrected chi connectivity index (χ0v) is 14.1. The maximum Gasteiger partial charge on any atom is 0.238 e. The summed E-state index contributed by atoms with van der Waals surface area (Å²) in [5.74, 6) is 0.0163. The van der Waals surface area contributed by atoms with Crippen LogP contribution in [0.1, 0.15) is 0 Å². The van der Waals surface area contributed by atoms with E-state index in [1.165, 1.54) is 16.7 Å². The van der Waals surface area contributed by atoms with E-state index in [4.69, 9.17) is 5.26 Å². The normalized spacial score (nSPS) is 10.2. The van der Waals surface area contributed by atoms with Gasteiger partial charge in [-0.15, -0.1) is 10.2 Å². The maximum absolute atomic E-state index is 12.6. The highest BCUT2D eigenvalue weighted by atomic mass is 32.2. The molecule has 0 aliphatic rings. The van der Waals surface area contributed by atoms with Gasteiger partial charge in [-0.25, -0.2) is 0 Å². The smallest absolute Gasteiger partial charge is 0.238 e. The van der Waals surface area contributed by atoms with Gasteiger partial charge in [0.25, 0.3) is 0 Å². The molecule has 0 saturated heterocycles. The Balaban J connectivity index is 1.72. The molecule has 1 aromatic heterocycles. The molecule has 1 amide bonds. The molecule has 0 N–H and O–H groups in total. The number of anilines is 1. The first-order valence-corrected chi connectivity index (χ1v) is 8.59. The number of para-hydroxylation sites is 2. The summed E-state index contributed by atoms with van der Waals surface area (Å²) in [7, 11) is 0. The quantitative estimate of drug-likeness (QED) is 0.505. The molecule has 0 saturated carbocycles. The fourth-order valence-electron chi connectivity index (χ4n) is 2.29. The maximum atomic E-state index is 12.6. The van der Waals surface area contributed by atoms with Crippen LogP contribution in [0.25, 0.3) is 5.69 Å². The molecular formula is C18H15N5OS. The average molecular weight is 349 g/mol. The summed E-state index contributed by atoms with van der Waals surface area (Å²) in [5, 5.41) is 17.7. The number of nitrogens with zero attached hydrogens (tertiary/aromatic N) is 5. The predicted octanol–water partition coefficient (Wildman–Crippen LogP) is 2.92. The van der Waals surface area contributed by atoms with Crippen LogP contribution in [-0.2, 0) is 4.79 Å². The number of hydrogen-bond donors (Lipinski definition) is 0. The lowest BCUT2D eigenvalue weighted by Crippen LogP contribution is -2.32. The number of carbonyl (C=O) groups is 1. The molecule has 0 radical (unpaired) electrons. The van der Waals surface area contributed by atoms with Crippen molar-refractivity contribution in [2.45, 2.75) is 5.16 Å². The van der Waals surface area contributed by atoms with Gasteiger partial charge >= 0.3 is 0 Å². The highest BCUT2D eigenvalue weighted by Gasteiger charge is 2.17. The first kappa shape index (κ1) is 16.7. The van der Waals surface area contributed by atoms with Crippen LogP contribution in [0.3, 0.4) is 0 Å². The van der Waals surface area contributed by atoms with E-state index in [-0.39, 0.29) is 18.2 Å². The van der Waals surface area contributed by atoms with E-state index >= 15 is 0 Å². The van der Waals surface area contributed by atoms with Crippen LogP contribution in [0, 0.1) is 11.3 Å². The Morgan fingerprint density at radius 1 is 1.12 bits per heavy atom. The van der Waals surface area contributed by atoms with Crippen molar-refractivity contribution < 1.29 is 4.79 Å². The SMILES string of the molecule is N#CCN(C(=O)CSc1nncn1-c1ccccc1)c1ccccc1. The first-order valence-electron chi connectivity index (χ1n) is 7.60. The molecule has 25 heavy (non-hydrogen) atoms. The van der Waals surface area contributed by atoms with Gasteiger partial charge in [0.15, 0.2) is 5.16 Å². The Morgan fingerprint density at radius 2 is 1.80 bits per heavy atom. The van der Waals surface area contributed by atoms with E-state index in [2.05, 4.69) is 10.2 Å². The van der Waals surface area contributed by atoms with E-state index in [0.29, 0.717) is 10.8 Å². The number of thioether (sulfide) groups is 1. The molecule has 6 nitrogen and oxygen atoms in total. The second-order valence-corrected chi connectivity index (χ2v) is 6.02. The van der Waals surface area contributed by atoms with Crippen LogP contribution in [0.2, 0.25) is 0 Å². The van der Waals surface area contributed by atoms with Crippen molar-refractivity contribution in [2.24, 2.45) is 0 Å². The monoisotopic (exact) mass is 349 g/mol. The molecule has 2 aromatic carbocycles. The molecule has 0 aliphatic heterocycles. The van der Waals surface area contributed by atoms with Gasteiger partial charge in [0.1, 0.15) is 12.9 Å². The van der Waals surface area contributed by atoms with Crippen LogP contribution in [0.4, 0.5) is 5.69 Å². The lowest BCUT2D eigenvalue weighted by atomic mass is 10.3.